The number of allylic oxidation sites excluding steroid dienone is 2. The summed E-state index contributed by atoms with van der Waals surface area (Å²) in [6, 6.07) is 19.2. The van der Waals surface area contributed by atoms with Crippen LogP contribution < -0.4 is 14.5 Å². The van der Waals surface area contributed by atoms with E-state index in [0.717, 1.165) is 46.6 Å². The van der Waals surface area contributed by atoms with Gasteiger partial charge in [0, 0.05) is 71.5 Å². The van der Waals surface area contributed by atoms with Crippen molar-refractivity contribution in [3.63, 3.8) is 0 Å². The molecule has 3 aromatic carbocycles. The van der Waals surface area contributed by atoms with E-state index in [2.05, 4.69) is 48.8 Å². The van der Waals surface area contributed by atoms with Gasteiger partial charge < -0.3 is 29.1 Å². The molecule has 0 bridgehead atoms. The largest absolute Gasteiger partial charge is 0.508 e. The van der Waals surface area contributed by atoms with Crippen molar-refractivity contribution in [2.45, 2.75) is 76.9 Å². The Labute approximate surface area is 276 Å². The smallest absolute Gasteiger partial charge is 0.340 e. The number of hydrogen-bond donors (Lipinski definition) is 1. The van der Waals surface area contributed by atoms with Gasteiger partial charge in [0.2, 0.25) is 0 Å². The van der Waals surface area contributed by atoms with Gasteiger partial charge in [-0.1, -0.05) is 25.1 Å². The maximum Gasteiger partial charge on any atom is 0.340 e. The highest BCUT2D eigenvalue weighted by molar-refractivity contribution is 5.97. The molecule has 1 aliphatic carbocycles. The van der Waals surface area contributed by atoms with Gasteiger partial charge in [-0.3, -0.25) is 4.79 Å². The number of phenols is 1. The average molecular weight is 635 g/mol. The lowest BCUT2D eigenvalue weighted by atomic mass is 9.72. The summed E-state index contributed by atoms with van der Waals surface area (Å²) in [6.45, 7) is 9.67. The number of esters is 2. The second-order valence-corrected chi connectivity index (χ2v) is 13.7. The number of aromatic hydroxyl groups is 1. The number of fused-ring (bicyclic) bond motifs is 6. The van der Waals surface area contributed by atoms with Crippen LogP contribution in [-0.4, -0.2) is 42.8 Å². The zero-order chi connectivity index (χ0) is 33.1. The minimum absolute atomic E-state index is 0.150. The molecule has 0 aromatic heterocycles. The first kappa shape index (κ1) is 30.9. The SMILES string of the molecule is CCOC(=O)CCCN1c2cc3c(cc2C(C)CC1(C)C)C1(OC(=O)c2ccccc21)C1=C(C=C(N(C)c2ccc(O)cc2)CC1)O3. The predicted octanol–water partition coefficient (Wildman–Crippen LogP) is 7.70. The molecule has 8 heteroatoms. The number of carbonyl (C=O) groups is 2. The molecule has 244 valence electrons. The van der Waals surface area contributed by atoms with Crippen molar-refractivity contribution in [1.82, 2.24) is 0 Å². The first-order valence-electron chi connectivity index (χ1n) is 16.6. The molecule has 3 aromatic rings. The second-order valence-electron chi connectivity index (χ2n) is 13.7. The highest BCUT2D eigenvalue weighted by atomic mass is 16.6. The molecule has 2 atom stereocenters. The number of benzene rings is 3. The molecule has 0 saturated heterocycles. The fraction of sp³-hybridized carbons (Fsp3) is 0.385. The molecule has 0 fully saturated rings. The summed E-state index contributed by atoms with van der Waals surface area (Å²) in [5, 5.41) is 9.83. The fourth-order valence-corrected chi connectivity index (χ4v) is 8.06. The first-order chi connectivity index (χ1) is 22.5. The summed E-state index contributed by atoms with van der Waals surface area (Å²) < 4.78 is 18.6. The van der Waals surface area contributed by atoms with Gasteiger partial charge in [0.25, 0.3) is 0 Å². The van der Waals surface area contributed by atoms with Crippen LogP contribution in [0.5, 0.6) is 11.5 Å². The summed E-state index contributed by atoms with van der Waals surface area (Å²) in [5.74, 6) is 1.32. The Kier molecular flexibility index (Phi) is 7.57. The summed E-state index contributed by atoms with van der Waals surface area (Å²) in [6.07, 6.45) is 5.40. The lowest BCUT2D eigenvalue weighted by Gasteiger charge is -2.49. The van der Waals surface area contributed by atoms with Gasteiger partial charge in [0.1, 0.15) is 17.3 Å². The van der Waals surface area contributed by atoms with Crippen molar-refractivity contribution in [2.75, 3.05) is 30.0 Å². The van der Waals surface area contributed by atoms with Crippen molar-refractivity contribution >= 4 is 23.3 Å². The van der Waals surface area contributed by atoms with Crippen LogP contribution in [0.3, 0.4) is 0 Å². The minimum atomic E-state index is -1.09. The van der Waals surface area contributed by atoms with E-state index in [-0.39, 0.29) is 29.1 Å². The van der Waals surface area contributed by atoms with Crippen LogP contribution in [0, 0.1) is 0 Å². The van der Waals surface area contributed by atoms with E-state index in [9.17, 15) is 14.7 Å². The zero-order valence-electron chi connectivity index (χ0n) is 27.8. The number of nitrogens with zero attached hydrogens (tertiary/aromatic N) is 2. The molecule has 0 saturated carbocycles. The van der Waals surface area contributed by atoms with Gasteiger partial charge in [-0.25, -0.2) is 4.79 Å². The Balaban J connectivity index is 1.36. The van der Waals surface area contributed by atoms with Crippen LogP contribution in [-0.2, 0) is 19.9 Å². The van der Waals surface area contributed by atoms with Gasteiger partial charge in [-0.05, 0) is 94.3 Å². The molecule has 8 nitrogen and oxygen atoms in total. The number of phenolic OH excluding ortho intramolecular Hbond substituents is 1. The molecule has 1 spiro atoms. The third-order valence-corrected chi connectivity index (χ3v) is 10.2. The molecule has 1 N–H and O–H groups in total. The summed E-state index contributed by atoms with van der Waals surface area (Å²) >= 11 is 0. The summed E-state index contributed by atoms with van der Waals surface area (Å²) in [5.41, 5.74) is 6.26. The highest BCUT2D eigenvalue weighted by Crippen LogP contribution is 2.58. The summed E-state index contributed by atoms with van der Waals surface area (Å²) in [4.78, 5) is 30.2. The van der Waals surface area contributed by atoms with Crippen LogP contribution in [0.1, 0.15) is 92.8 Å². The molecule has 3 aliphatic heterocycles. The monoisotopic (exact) mass is 634 g/mol. The van der Waals surface area contributed by atoms with Gasteiger partial charge in [-0.2, -0.15) is 0 Å². The standard InChI is InChI=1S/C39H42N2O6/c1-6-45-36(43)12-9-19-41-33-22-35-32(21-29(33)24(2)23-38(41,3)4)39(30-11-8-7-10-28(30)37(44)47-39)31-18-15-26(20-34(31)46-35)40(5)25-13-16-27(42)17-14-25/h7-8,10-11,13-14,16-17,20-22,24,42H,6,9,12,15,18-19,23H2,1-5H3. The number of hydrogen-bond acceptors (Lipinski definition) is 8. The van der Waals surface area contributed by atoms with Crippen molar-refractivity contribution in [3.05, 3.63) is 106 Å². The summed E-state index contributed by atoms with van der Waals surface area (Å²) in [7, 11) is 2.01. The number of anilines is 2. The van der Waals surface area contributed by atoms with Gasteiger partial charge in [0.15, 0.2) is 5.60 Å². The number of rotatable bonds is 7. The predicted molar refractivity (Wildman–Crippen MR) is 181 cm³/mol. The fourth-order valence-electron chi connectivity index (χ4n) is 8.06. The van der Waals surface area contributed by atoms with E-state index in [4.69, 9.17) is 14.2 Å². The highest BCUT2D eigenvalue weighted by Gasteiger charge is 2.55. The lowest BCUT2D eigenvalue weighted by molar-refractivity contribution is -0.143. The maximum atomic E-state index is 13.5. The second kappa shape index (κ2) is 11.5. The van der Waals surface area contributed by atoms with Crippen LogP contribution >= 0.6 is 0 Å². The van der Waals surface area contributed by atoms with Crippen LogP contribution in [0.15, 0.2) is 83.8 Å². The average Bonchev–Trinajstić information content (AvgIpc) is 3.34. The van der Waals surface area contributed by atoms with E-state index in [1.54, 1.807) is 12.1 Å². The Bertz CT molecular complexity index is 1820. The Morgan fingerprint density at radius 3 is 2.62 bits per heavy atom. The first-order valence-corrected chi connectivity index (χ1v) is 16.6. The molecule has 0 amide bonds. The molecular weight excluding hydrogens is 592 g/mol. The molecule has 3 heterocycles. The maximum absolute atomic E-state index is 13.5. The Hall–Kier alpha value is -4.72. The van der Waals surface area contributed by atoms with Gasteiger partial charge in [0.05, 0.1) is 12.2 Å². The van der Waals surface area contributed by atoms with E-state index >= 15 is 0 Å². The third kappa shape index (κ3) is 5.05. The topological polar surface area (TPSA) is 88.5 Å². The number of ether oxygens (including phenoxy) is 3. The number of carbonyl (C=O) groups excluding carboxylic acids is 2. The van der Waals surface area contributed by atoms with E-state index < -0.39 is 5.60 Å². The van der Waals surface area contributed by atoms with Gasteiger partial charge >= 0.3 is 11.9 Å². The molecule has 4 aliphatic rings. The molecule has 0 radical (unpaired) electrons. The molecule has 7 rings (SSSR count). The van der Waals surface area contributed by atoms with Crippen molar-refractivity contribution in [1.29, 1.82) is 0 Å². The molecular formula is C39H42N2O6. The van der Waals surface area contributed by atoms with Crippen LogP contribution in [0.4, 0.5) is 11.4 Å². The van der Waals surface area contributed by atoms with Gasteiger partial charge in [-0.15, -0.1) is 0 Å². The third-order valence-electron chi connectivity index (χ3n) is 10.2. The van der Waals surface area contributed by atoms with Crippen molar-refractivity contribution < 1.29 is 28.9 Å². The van der Waals surface area contributed by atoms with E-state index in [0.29, 0.717) is 49.5 Å². The normalized spacial score (nSPS) is 22.0. The van der Waals surface area contributed by atoms with Crippen molar-refractivity contribution in [3.8, 4) is 11.5 Å². The van der Waals surface area contributed by atoms with Crippen LogP contribution in [0.2, 0.25) is 0 Å². The van der Waals surface area contributed by atoms with E-state index in [1.807, 2.05) is 50.4 Å². The molecule has 47 heavy (non-hydrogen) atoms. The minimum Gasteiger partial charge on any atom is -0.508 e. The Morgan fingerprint density at radius 1 is 1.09 bits per heavy atom. The Morgan fingerprint density at radius 2 is 1.85 bits per heavy atom. The zero-order valence-corrected chi connectivity index (χ0v) is 27.8. The quantitative estimate of drug-likeness (QED) is 0.265. The van der Waals surface area contributed by atoms with Crippen molar-refractivity contribution in [2.24, 2.45) is 0 Å². The lowest BCUT2D eigenvalue weighted by Crippen LogP contribution is -2.49. The van der Waals surface area contributed by atoms with Crippen LogP contribution in [0.25, 0.3) is 0 Å². The molecule has 2 unspecified atom stereocenters. The van der Waals surface area contributed by atoms with E-state index in [1.165, 1.54) is 5.56 Å².